The Kier molecular flexibility index (Phi) is 7.36. The maximum absolute atomic E-state index is 11.0. The summed E-state index contributed by atoms with van der Waals surface area (Å²) < 4.78 is 16.2. The highest BCUT2D eigenvalue weighted by molar-refractivity contribution is 5.75. The molecule has 1 heterocycles. The van der Waals surface area contributed by atoms with Gasteiger partial charge in [-0.05, 0) is 54.8 Å². The Bertz CT molecular complexity index is 807. The first-order valence-electron chi connectivity index (χ1n) is 10.1. The zero-order valence-electron chi connectivity index (χ0n) is 17.2. The number of benzene rings is 2. The molecule has 0 radical (unpaired) electrons. The first-order valence-corrected chi connectivity index (χ1v) is 10.1. The number of carbonyl (C=O) groups excluding carboxylic acids is 1. The lowest BCUT2D eigenvalue weighted by molar-refractivity contribution is -0.119. The summed E-state index contributed by atoms with van der Waals surface area (Å²) in [5.74, 6) is 1.51. The number of nitrogens with two attached hydrogens (primary N) is 1. The van der Waals surface area contributed by atoms with Gasteiger partial charge in [0.25, 0.3) is 5.91 Å². The molecule has 29 heavy (non-hydrogen) atoms. The lowest BCUT2D eigenvalue weighted by Gasteiger charge is -2.30. The molecular weight excluding hydrogens is 368 g/mol. The van der Waals surface area contributed by atoms with Crippen LogP contribution in [0, 0.1) is 0 Å². The Morgan fingerprint density at radius 3 is 2.52 bits per heavy atom. The second kappa shape index (κ2) is 10.2. The van der Waals surface area contributed by atoms with Crippen molar-refractivity contribution in [1.82, 2.24) is 4.90 Å². The zero-order valence-corrected chi connectivity index (χ0v) is 17.2. The number of methoxy groups -OCH3 is 2. The van der Waals surface area contributed by atoms with Crippen LogP contribution in [-0.2, 0) is 11.3 Å². The lowest BCUT2D eigenvalue weighted by atomic mass is 10.00. The highest BCUT2D eigenvalue weighted by atomic mass is 16.5. The Morgan fingerprint density at radius 1 is 1.03 bits per heavy atom. The van der Waals surface area contributed by atoms with Crippen molar-refractivity contribution in [3.05, 3.63) is 53.6 Å². The predicted octanol–water partition coefficient (Wildman–Crippen LogP) is 3.69. The van der Waals surface area contributed by atoms with Gasteiger partial charge in [-0.15, -0.1) is 0 Å². The van der Waals surface area contributed by atoms with Crippen molar-refractivity contribution >= 4 is 5.91 Å². The monoisotopic (exact) mass is 398 g/mol. The van der Waals surface area contributed by atoms with E-state index < -0.39 is 5.91 Å². The minimum absolute atomic E-state index is 0.165. The molecule has 2 aromatic rings. The van der Waals surface area contributed by atoms with E-state index in [0.717, 1.165) is 30.8 Å². The second-order valence-electron chi connectivity index (χ2n) is 7.35. The molecule has 1 aliphatic heterocycles. The highest BCUT2D eigenvalue weighted by Gasteiger charge is 2.23. The summed E-state index contributed by atoms with van der Waals surface area (Å²) in [6.45, 7) is 1.71. The van der Waals surface area contributed by atoms with Gasteiger partial charge in [0.2, 0.25) is 0 Å². The van der Waals surface area contributed by atoms with Crippen molar-refractivity contribution in [3.63, 3.8) is 0 Å². The van der Waals surface area contributed by atoms with Gasteiger partial charge in [-0.3, -0.25) is 9.69 Å². The first-order chi connectivity index (χ1) is 14.1. The number of amides is 1. The lowest BCUT2D eigenvalue weighted by Crippen LogP contribution is -2.28. The molecule has 1 aliphatic rings. The number of primary amides is 1. The van der Waals surface area contributed by atoms with Crippen LogP contribution >= 0.6 is 0 Å². The standard InChI is InChI=1S/C23H30N2O4/c1-27-19-10-8-18(9-11-19)20-6-4-3-5-13-25(20)15-17-7-12-21(22(14-17)28-2)29-16-23(24)26/h7-12,14,20H,3-6,13,15-16H2,1-2H3,(H2,24,26)/t20-/m0/s1. The number of nitrogens with zero attached hydrogens (tertiary/aromatic N) is 1. The van der Waals surface area contributed by atoms with E-state index in [9.17, 15) is 4.79 Å². The molecule has 6 nitrogen and oxygen atoms in total. The Labute approximate surface area is 172 Å². The smallest absolute Gasteiger partial charge is 0.255 e. The quantitative estimate of drug-likeness (QED) is 0.734. The molecule has 156 valence electrons. The third-order valence-corrected chi connectivity index (χ3v) is 5.35. The van der Waals surface area contributed by atoms with Gasteiger partial charge >= 0.3 is 0 Å². The number of likely N-dealkylation sites (tertiary alicyclic amines) is 1. The van der Waals surface area contributed by atoms with Gasteiger partial charge < -0.3 is 19.9 Å². The molecule has 3 rings (SSSR count). The summed E-state index contributed by atoms with van der Waals surface area (Å²) in [5, 5.41) is 0. The minimum Gasteiger partial charge on any atom is -0.497 e. The van der Waals surface area contributed by atoms with Gasteiger partial charge in [-0.2, -0.15) is 0 Å². The maximum Gasteiger partial charge on any atom is 0.255 e. The number of hydrogen-bond donors (Lipinski definition) is 1. The zero-order chi connectivity index (χ0) is 20.6. The molecular formula is C23H30N2O4. The Morgan fingerprint density at radius 2 is 1.83 bits per heavy atom. The largest absolute Gasteiger partial charge is 0.497 e. The third-order valence-electron chi connectivity index (χ3n) is 5.35. The van der Waals surface area contributed by atoms with Crippen LogP contribution in [0.15, 0.2) is 42.5 Å². The van der Waals surface area contributed by atoms with Crippen molar-refractivity contribution in [2.24, 2.45) is 5.73 Å². The topological polar surface area (TPSA) is 74.0 Å². The van der Waals surface area contributed by atoms with Crippen molar-refractivity contribution in [1.29, 1.82) is 0 Å². The molecule has 1 amide bonds. The first kappa shape index (κ1) is 21.0. The molecule has 1 saturated heterocycles. The van der Waals surface area contributed by atoms with Crippen LogP contribution in [0.5, 0.6) is 17.2 Å². The van der Waals surface area contributed by atoms with Crippen molar-refractivity contribution in [2.75, 3.05) is 27.4 Å². The maximum atomic E-state index is 11.0. The van der Waals surface area contributed by atoms with E-state index in [1.54, 1.807) is 14.2 Å². The van der Waals surface area contributed by atoms with E-state index in [2.05, 4.69) is 17.0 Å². The van der Waals surface area contributed by atoms with Gasteiger partial charge in [0.05, 0.1) is 14.2 Å². The third kappa shape index (κ3) is 5.64. The van der Waals surface area contributed by atoms with E-state index in [1.165, 1.54) is 24.8 Å². The summed E-state index contributed by atoms with van der Waals surface area (Å²) in [6, 6.07) is 14.6. The van der Waals surface area contributed by atoms with Gasteiger partial charge in [0, 0.05) is 12.6 Å². The van der Waals surface area contributed by atoms with Crippen molar-refractivity contribution in [2.45, 2.75) is 38.3 Å². The van der Waals surface area contributed by atoms with Crippen LogP contribution in [0.2, 0.25) is 0 Å². The van der Waals surface area contributed by atoms with Crippen LogP contribution in [0.3, 0.4) is 0 Å². The van der Waals surface area contributed by atoms with Gasteiger partial charge in [0.1, 0.15) is 5.75 Å². The van der Waals surface area contributed by atoms with Crippen LogP contribution < -0.4 is 19.9 Å². The van der Waals surface area contributed by atoms with Gasteiger partial charge in [-0.1, -0.05) is 31.0 Å². The summed E-state index contributed by atoms with van der Waals surface area (Å²) in [4.78, 5) is 13.5. The highest BCUT2D eigenvalue weighted by Crippen LogP contribution is 2.34. The fraction of sp³-hybridized carbons (Fsp3) is 0.435. The van der Waals surface area contributed by atoms with E-state index in [4.69, 9.17) is 19.9 Å². The molecule has 0 aliphatic carbocycles. The van der Waals surface area contributed by atoms with Crippen LogP contribution in [0.4, 0.5) is 0 Å². The van der Waals surface area contributed by atoms with Gasteiger partial charge in [0.15, 0.2) is 18.1 Å². The molecule has 1 atom stereocenters. The Hall–Kier alpha value is -2.73. The van der Waals surface area contributed by atoms with Crippen LogP contribution in [0.1, 0.15) is 42.9 Å². The average molecular weight is 399 g/mol. The van der Waals surface area contributed by atoms with E-state index >= 15 is 0 Å². The molecule has 0 spiro atoms. The fourth-order valence-corrected chi connectivity index (χ4v) is 3.87. The van der Waals surface area contributed by atoms with Crippen LogP contribution in [-0.4, -0.2) is 38.2 Å². The molecule has 0 unspecified atom stereocenters. The summed E-state index contributed by atoms with van der Waals surface area (Å²) in [7, 11) is 3.29. The minimum atomic E-state index is -0.511. The number of ether oxygens (including phenoxy) is 3. The van der Waals surface area contributed by atoms with Crippen molar-refractivity contribution < 1.29 is 19.0 Å². The summed E-state index contributed by atoms with van der Waals surface area (Å²) in [5.41, 5.74) is 7.64. The van der Waals surface area contributed by atoms with Gasteiger partial charge in [-0.25, -0.2) is 0 Å². The van der Waals surface area contributed by atoms with Crippen molar-refractivity contribution in [3.8, 4) is 17.2 Å². The summed E-state index contributed by atoms with van der Waals surface area (Å²) in [6.07, 6.45) is 4.83. The molecule has 2 N–H and O–H groups in total. The fourth-order valence-electron chi connectivity index (χ4n) is 3.87. The predicted molar refractivity (Wildman–Crippen MR) is 112 cm³/mol. The van der Waals surface area contributed by atoms with E-state index in [0.29, 0.717) is 17.5 Å². The molecule has 1 fully saturated rings. The van der Waals surface area contributed by atoms with E-state index in [-0.39, 0.29) is 6.61 Å². The average Bonchev–Trinajstić information content (AvgIpc) is 2.98. The number of carbonyl (C=O) groups is 1. The molecule has 0 bridgehead atoms. The number of hydrogen-bond acceptors (Lipinski definition) is 5. The van der Waals surface area contributed by atoms with E-state index in [1.807, 2.05) is 30.3 Å². The normalized spacial score (nSPS) is 17.4. The molecule has 2 aromatic carbocycles. The number of rotatable bonds is 8. The molecule has 0 saturated carbocycles. The molecule has 6 heteroatoms. The second-order valence-corrected chi connectivity index (χ2v) is 7.35. The van der Waals surface area contributed by atoms with Crippen LogP contribution in [0.25, 0.3) is 0 Å². The SMILES string of the molecule is COc1ccc([C@@H]2CCCCCN2Cc2ccc(OCC(N)=O)c(OC)c2)cc1. The summed E-state index contributed by atoms with van der Waals surface area (Å²) >= 11 is 0. The molecule has 0 aromatic heterocycles. The Balaban J connectivity index is 1.78.